The van der Waals surface area contributed by atoms with Gasteiger partial charge in [-0.3, -0.25) is 14.4 Å². The second-order valence-electron chi connectivity index (χ2n) is 7.22. The average Bonchev–Trinajstić information content (AvgIpc) is 3.04. The number of ether oxygens (including phenoxy) is 1. The number of halogens is 1. The standard InChI is InChI=1S/C20H25FN4O2/c1-24-18-7-6-15(25-8-10-27-11-9-25)12-16(18)19(23-24)20(26)22-13-14-4-2-3-5-17(14)21/h2-5,15H,6-13H2,1H3,(H,22,26)/t15-/m0/s1. The summed E-state index contributed by atoms with van der Waals surface area (Å²) in [4.78, 5) is 15.2. The van der Waals surface area contributed by atoms with Crippen molar-refractivity contribution in [1.29, 1.82) is 0 Å². The van der Waals surface area contributed by atoms with Crippen LogP contribution in [0.2, 0.25) is 0 Å². The van der Waals surface area contributed by atoms with Crippen LogP contribution in [0.1, 0.15) is 33.7 Å². The predicted octanol–water partition coefficient (Wildman–Crippen LogP) is 1.68. The van der Waals surface area contributed by atoms with Crippen LogP contribution in [0.5, 0.6) is 0 Å². The molecule has 1 aromatic carbocycles. The van der Waals surface area contributed by atoms with Gasteiger partial charge < -0.3 is 10.1 Å². The number of carbonyl (C=O) groups excluding carboxylic acids is 1. The van der Waals surface area contributed by atoms with Gasteiger partial charge in [0.2, 0.25) is 0 Å². The number of carbonyl (C=O) groups is 1. The van der Waals surface area contributed by atoms with Crippen LogP contribution >= 0.6 is 0 Å². The van der Waals surface area contributed by atoms with Gasteiger partial charge in [0.1, 0.15) is 5.82 Å². The molecule has 0 spiro atoms. The zero-order valence-corrected chi connectivity index (χ0v) is 15.6. The summed E-state index contributed by atoms with van der Waals surface area (Å²) in [6.07, 6.45) is 2.82. The lowest BCUT2D eigenvalue weighted by atomic mass is 9.90. The van der Waals surface area contributed by atoms with Gasteiger partial charge in [-0.15, -0.1) is 0 Å². The average molecular weight is 372 g/mol. The van der Waals surface area contributed by atoms with E-state index in [1.165, 1.54) is 6.07 Å². The molecule has 144 valence electrons. The number of amides is 1. The maximum atomic E-state index is 13.8. The highest BCUT2D eigenvalue weighted by Gasteiger charge is 2.31. The summed E-state index contributed by atoms with van der Waals surface area (Å²) in [5, 5.41) is 7.30. The molecule has 1 atom stereocenters. The molecule has 2 aliphatic rings. The number of rotatable bonds is 4. The zero-order chi connectivity index (χ0) is 18.8. The molecule has 27 heavy (non-hydrogen) atoms. The summed E-state index contributed by atoms with van der Waals surface area (Å²) >= 11 is 0. The lowest BCUT2D eigenvalue weighted by molar-refractivity contribution is 0.0135. The minimum absolute atomic E-state index is 0.156. The fourth-order valence-electron chi connectivity index (χ4n) is 4.11. The van der Waals surface area contributed by atoms with Crippen LogP contribution in [0.15, 0.2) is 24.3 Å². The quantitative estimate of drug-likeness (QED) is 0.887. The van der Waals surface area contributed by atoms with E-state index in [9.17, 15) is 9.18 Å². The van der Waals surface area contributed by atoms with Crippen LogP contribution in [0.4, 0.5) is 4.39 Å². The molecule has 0 unspecified atom stereocenters. The number of fused-ring (bicyclic) bond motifs is 1. The Morgan fingerprint density at radius 3 is 2.89 bits per heavy atom. The third-order valence-electron chi connectivity index (χ3n) is 5.60. The van der Waals surface area contributed by atoms with Gasteiger partial charge in [-0.1, -0.05) is 18.2 Å². The molecule has 1 aromatic heterocycles. The van der Waals surface area contributed by atoms with E-state index in [0.29, 0.717) is 17.3 Å². The van der Waals surface area contributed by atoms with Crippen LogP contribution in [0.3, 0.4) is 0 Å². The number of nitrogens with one attached hydrogen (secondary N) is 1. The van der Waals surface area contributed by atoms with Gasteiger partial charge >= 0.3 is 0 Å². The molecule has 2 aromatic rings. The number of benzene rings is 1. The molecule has 2 heterocycles. The zero-order valence-electron chi connectivity index (χ0n) is 15.6. The number of hydrogen-bond donors (Lipinski definition) is 1. The van der Waals surface area contributed by atoms with Crippen LogP contribution in [0.25, 0.3) is 0 Å². The van der Waals surface area contributed by atoms with Crippen molar-refractivity contribution in [2.45, 2.75) is 31.8 Å². The van der Waals surface area contributed by atoms with E-state index in [4.69, 9.17) is 4.74 Å². The molecule has 0 radical (unpaired) electrons. The molecule has 7 heteroatoms. The molecular formula is C20H25FN4O2. The molecule has 1 saturated heterocycles. The first-order valence-corrected chi connectivity index (χ1v) is 9.51. The van der Waals surface area contributed by atoms with Gasteiger partial charge in [0, 0.05) is 49.5 Å². The van der Waals surface area contributed by atoms with Crippen molar-refractivity contribution in [3.05, 3.63) is 52.6 Å². The van der Waals surface area contributed by atoms with Gasteiger partial charge in [0.15, 0.2) is 5.69 Å². The maximum Gasteiger partial charge on any atom is 0.272 e. The Hall–Kier alpha value is -2.25. The lowest BCUT2D eigenvalue weighted by Gasteiger charge is -2.36. The van der Waals surface area contributed by atoms with Crippen LogP contribution in [-0.2, 0) is 31.2 Å². The minimum atomic E-state index is -0.312. The molecule has 0 bridgehead atoms. The number of nitrogens with zero attached hydrogens (tertiary/aromatic N) is 3. The second kappa shape index (κ2) is 7.78. The Kier molecular flexibility index (Phi) is 5.22. The smallest absolute Gasteiger partial charge is 0.272 e. The maximum absolute atomic E-state index is 13.8. The number of aromatic nitrogens is 2. The molecule has 4 rings (SSSR count). The predicted molar refractivity (Wildman–Crippen MR) is 99.0 cm³/mol. The SMILES string of the molecule is Cn1nc(C(=O)NCc2ccccc2F)c2c1CC[C@H](N1CCOCC1)C2. The summed E-state index contributed by atoms with van der Waals surface area (Å²) in [7, 11) is 1.89. The molecular weight excluding hydrogens is 347 g/mol. The molecule has 1 aliphatic heterocycles. The Balaban J connectivity index is 1.49. The van der Waals surface area contributed by atoms with Crippen molar-refractivity contribution in [3.8, 4) is 0 Å². The lowest BCUT2D eigenvalue weighted by Crippen LogP contribution is -2.46. The molecule has 6 nitrogen and oxygen atoms in total. The topological polar surface area (TPSA) is 59.4 Å². The van der Waals surface area contributed by atoms with E-state index in [1.54, 1.807) is 18.2 Å². The van der Waals surface area contributed by atoms with E-state index in [1.807, 2.05) is 11.7 Å². The number of morpholine rings is 1. The van der Waals surface area contributed by atoms with Crippen molar-refractivity contribution < 1.29 is 13.9 Å². The van der Waals surface area contributed by atoms with Crippen LogP contribution in [-0.4, -0.2) is 52.9 Å². The first-order chi connectivity index (χ1) is 13.1. The third kappa shape index (κ3) is 3.75. The first-order valence-electron chi connectivity index (χ1n) is 9.51. The monoisotopic (exact) mass is 372 g/mol. The number of aryl methyl sites for hydroxylation is 1. The molecule has 0 saturated carbocycles. The minimum Gasteiger partial charge on any atom is -0.379 e. The molecule has 1 aliphatic carbocycles. The highest BCUT2D eigenvalue weighted by atomic mass is 19.1. The van der Waals surface area contributed by atoms with Gasteiger partial charge in [-0.25, -0.2) is 4.39 Å². The van der Waals surface area contributed by atoms with E-state index in [-0.39, 0.29) is 18.3 Å². The molecule has 1 fully saturated rings. The van der Waals surface area contributed by atoms with Crippen LogP contribution < -0.4 is 5.32 Å². The van der Waals surface area contributed by atoms with Gasteiger partial charge in [-0.2, -0.15) is 5.10 Å². The summed E-state index contributed by atoms with van der Waals surface area (Å²) in [5.41, 5.74) is 3.12. The van der Waals surface area contributed by atoms with E-state index >= 15 is 0 Å². The fraction of sp³-hybridized carbons (Fsp3) is 0.500. The summed E-state index contributed by atoms with van der Waals surface area (Å²) in [6, 6.07) is 6.90. The summed E-state index contributed by atoms with van der Waals surface area (Å²) < 4.78 is 21.1. The summed E-state index contributed by atoms with van der Waals surface area (Å²) in [5.74, 6) is -0.550. The van der Waals surface area contributed by atoms with Crippen molar-refractivity contribution in [1.82, 2.24) is 20.0 Å². The third-order valence-corrected chi connectivity index (χ3v) is 5.60. The van der Waals surface area contributed by atoms with Gasteiger partial charge in [0.25, 0.3) is 5.91 Å². The summed E-state index contributed by atoms with van der Waals surface area (Å²) in [6.45, 7) is 3.58. The normalized spacial score (nSPS) is 20.3. The highest BCUT2D eigenvalue weighted by molar-refractivity contribution is 5.94. The van der Waals surface area contributed by atoms with E-state index in [0.717, 1.165) is 56.8 Å². The Morgan fingerprint density at radius 2 is 2.11 bits per heavy atom. The van der Waals surface area contributed by atoms with Crippen molar-refractivity contribution in [2.75, 3.05) is 26.3 Å². The Bertz CT molecular complexity index is 829. The highest BCUT2D eigenvalue weighted by Crippen LogP contribution is 2.27. The largest absolute Gasteiger partial charge is 0.379 e. The van der Waals surface area contributed by atoms with Gasteiger partial charge in [0.05, 0.1) is 13.2 Å². The molecule has 1 amide bonds. The van der Waals surface area contributed by atoms with Crippen molar-refractivity contribution >= 4 is 5.91 Å². The number of hydrogen-bond acceptors (Lipinski definition) is 4. The first kappa shape index (κ1) is 18.1. The van der Waals surface area contributed by atoms with Crippen molar-refractivity contribution in [2.24, 2.45) is 7.05 Å². The molecule has 1 N–H and O–H groups in total. The Morgan fingerprint density at radius 1 is 1.33 bits per heavy atom. The van der Waals surface area contributed by atoms with E-state index < -0.39 is 0 Å². The fourth-order valence-corrected chi connectivity index (χ4v) is 4.11. The Labute approximate surface area is 158 Å². The van der Waals surface area contributed by atoms with Gasteiger partial charge in [-0.05, 0) is 25.3 Å². The second-order valence-corrected chi connectivity index (χ2v) is 7.22. The van der Waals surface area contributed by atoms with Crippen molar-refractivity contribution in [3.63, 3.8) is 0 Å². The van der Waals surface area contributed by atoms with Crippen LogP contribution in [0, 0.1) is 5.82 Å². The van der Waals surface area contributed by atoms with E-state index in [2.05, 4.69) is 15.3 Å².